The largest absolute Gasteiger partial charge is 0.351 e. The minimum atomic E-state index is -3.59. The first-order chi connectivity index (χ1) is 9.66. The van der Waals surface area contributed by atoms with Gasteiger partial charge in [0, 0.05) is 23.0 Å². The number of hydrogen-bond donors (Lipinski definition) is 2. The zero-order valence-electron chi connectivity index (χ0n) is 12.4. The van der Waals surface area contributed by atoms with Gasteiger partial charge in [-0.25, -0.2) is 13.1 Å². The van der Waals surface area contributed by atoms with Crippen molar-refractivity contribution in [2.75, 3.05) is 6.54 Å². The van der Waals surface area contributed by atoms with Crippen molar-refractivity contribution in [1.29, 1.82) is 0 Å². The van der Waals surface area contributed by atoms with E-state index in [0.717, 1.165) is 6.42 Å². The standard InChI is InChI=1S/C14H21BrN2O3S/c1-4-14(2,3)17-13(18)8-9-16-21(19,20)12-7-5-6-11(15)10-12/h5-7,10,16H,4,8-9H2,1-3H3,(H,17,18). The van der Waals surface area contributed by atoms with Crippen molar-refractivity contribution in [3.63, 3.8) is 0 Å². The maximum absolute atomic E-state index is 12.0. The Kier molecular flexibility index (Phi) is 6.37. The van der Waals surface area contributed by atoms with Crippen LogP contribution in [0.3, 0.4) is 0 Å². The van der Waals surface area contributed by atoms with Gasteiger partial charge in [0.05, 0.1) is 4.90 Å². The van der Waals surface area contributed by atoms with Crippen LogP contribution >= 0.6 is 15.9 Å². The van der Waals surface area contributed by atoms with Gasteiger partial charge in [-0.3, -0.25) is 4.79 Å². The molecule has 0 aliphatic heterocycles. The van der Waals surface area contributed by atoms with E-state index in [1.54, 1.807) is 12.1 Å². The topological polar surface area (TPSA) is 75.3 Å². The average Bonchev–Trinajstić information content (AvgIpc) is 2.38. The number of amides is 1. The lowest BCUT2D eigenvalue weighted by molar-refractivity contribution is -0.122. The van der Waals surface area contributed by atoms with Crippen molar-refractivity contribution in [2.24, 2.45) is 0 Å². The monoisotopic (exact) mass is 376 g/mol. The molecule has 0 saturated carbocycles. The molecule has 0 heterocycles. The number of hydrogen-bond acceptors (Lipinski definition) is 3. The van der Waals surface area contributed by atoms with Crippen LogP contribution in [-0.4, -0.2) is 26.4 Å². The van der Waals surface area contributed by atoms with Gasteiger partial charge in [-0.2, -0.15) is 0 Å². The highest BCUT2D eigenvalue weighted by molar-refractivity contribution is 9.10. The maximum atomic E-state index is 12.0. The molecule has 1 amide bonds. The van der Waals surface area contributed by atoms with E-state index in [1.165, 1.54) is 12.1 Å². The van der Waals surface area contributed by atoms with Gasteiger partial charge in [0.2, 0.25) is 15.9 Å². The summed E-state index contributed by atoms with van der Waals surface area (Å²) in [7, 11) is -3.59. The number of halogens is 1. The van der Waals surface area contributed by atoms with Gasteiger partial charge in [0.25, 0.3) is 0 Å². The van der Waals surface area contributed by atoms with Crippen LogP contribution in [0.4, 0.5) is 0 Å². The van der Waals surface area contributed by atoms with Crippen LogP contribution in [0.5, 0.6) is 0 Å². The molecule has 2 N–H and O–H groups in total. The third-order valence-electron chi connectivity index (χ3n) is 3.11. The predicted molar refractivity (Wildman–Crippen MR) is 86.5 cm³/mol. The molecule has 0 fully saturated rings. The summed E-state index contributed by atoms with van der Waals surface area (Å²) < 4.78 is 27.2. The third-order valence-corrected chi connectivity index (χ3v) is 5.06. The van der Waals surface area contributed by atoms with E-state index < -0.39 is 10.0 Å². The number of nitrogens with one attached hydrogen (secondary N) is 2. The molecular weight excluding hydrogens is 356 g/mol. The molecule has 1 rings (SSSR count). The Morgan fingerprint density at radius 3 is 2.57 bits per heavy atom. The summed E-state index contributed by atoms with van der Waals surface area (Å²) in [4.78, 5) is 11.9. The smallest absolute Gasteiger partial charge is 0.240 e. The molecule has 0 saturated heterocycles. The van der Waals surface area contributed by atoms with Crippen molar-refractivity contribution >= 4 is 31.9 Å². The molecule has 0 aliphatic rings. The Labute approximate surface area is 134 Å². The van der Waals surface area contributed by atoms with E-state index in [9.17, 15) is 13.2 Å². The second-order valence-electron chi connectivity index (χ2n) is 5.39. The van der Waals surface area contributed by atoms with Crippen LogP contribution in [-0.2, 0) is 14.8 Å². The molecule has 0 aliphatic carbocycles. The van der Waals surface area contributed by atoms with Crippen molar-refractivity contribution in [1.82, 2.24) is 10.0 Å². The minimum Gasteiger partial charge on any atom is -0.351 e. The summed E-state index contributed by atoms with van der Waals surface area (Å²) in [6.07, 6.45) is 0.916. The van der Waals surface area contributed by atoms with Crippen LogP contribution in [0.2, 0.25) is 0 Å². The molecule has 5 nitrogen and oxygen atoms in total. The number of sulfonamides is 1. The van der Waals surface area contributed by atoms with Crippen molar-refractivity contribution in [3.05, 3.63) is 28.7 Å². The predicted octanol–water partition coefficient (Wildman–Crippen LogP) is 2.42. The van der Waals surface area contributed by atoms with E-state index in [0.29, 0.717) is 4.47 Å². The van der Waals surface area contributed by atoms with Crippen LogP contribution in [0.25, 0.3) is 0 Å². The fraction of sp³-hybridized carbons (Fsp3) is 0.500. The van der Waals surface area contributed by atoms with E-state index in [4.69, 9.17) is 0 Å². The second kappa shape index (κ2) is 7.38. The third kappa shape index (κ3) is 6.15. The zero-order chi connectivity index (χ0) is 16.1. The summed E-state index contributed by atoms with van der Waals surface area (Å²) in [5.74, 6) is -0.168. The maximum Gasteiger partial charge on any atom is 0.240 e. The SMILES string of the molecule is CCC(C)(C)NC(=O)CCNS(=O)(=O)c1cccc(Br)c1. The molecule has 118 valence electrons. The van der Waals surface area contributed by atoms with Crippen molar-refractivity contribution < 1.29 is 13.2 Å². The summed E-state index contributed by atoms with van der Waals surface area (Å²) in [6, 6.07) is 6.42. The molecule has 0 bridgehead atoms. The highest BCUT2D eigenvalue weighted by atomic mass is 79.9. The lowest BCUT2D eigenvalue weighted by Crippen LogP contribution is -2.43. The normalized spacial score (nSPS) is 12.2. The Balaban J connectivity index is 2.54. The van der Waals surface area contributed by atoms with Gasteiger partial charge >= 0.3 is 0 Å². The molecular formula is C14H21BrN2O3S. The van der Waals surface area contributed by atoms with Crippen LogP contribution in [0.1, 0.15) is 33.6 Å². The summed E-state index contributed by atoms with van der Waals surface area (Å²) in [6.45, 7) is 5.91. The highest BCUT2D eigenvalue weighted by Gasteiger charge is 2.18. The second-order valence-corrected chi connectivity index (χ2v) is 8.07. The molecule has 1 aromatic rings. The summed E-state index contributed by atoms with van der Waals surface area (Å²) >= 11 is 3.23. The Bertz CT molecular complexity index is 600. The number of carbonyl (C=O) groups is 1. The number of benzene rings is 1. The fourth-order valence-corrected chi connectivity index (χ4v) is 3.17. The first-order valence-corrected chi connectivity index (χ1v) is 9.00. The quantitative estimate of drug-likeness (QED) is 0.766. The lowest BCUT2D eigenvalue weighted by atomic mass is 10.0. The molecule has 21 heavy (non-hydrogen) atoms. The van der Waals surface area contributed by atoms with Gasteiger partial charge < -0.3 is 5.32 Å². The zero-order valence-corrected chi connectivity index (χ0v) is 14.8. The first kappa shape index (κ1) is 18.1. The van der Waals surface area contributed by atoms with Gasteiger partial charge in [0.1, 0.15) is 0 Å². The van der Waals surface area contributed by atoms with Crippen LogP contribution in [0.15, 0.2) is 33.6 Å². The Hall–Kier alpha value is -0.920. The van der Waals surface area contributed by atoms with E-state index in [-0.39, 0.29) is 29.3 Å². The van der Waals surface area contributed by atoms with Crippen LogP contribution in [0, 0.1) is 0 Å². The van der Waals surface area contributed by atoms with Gasteiger partial charge in [-0.1, -0.05) is 28.9 Å². The lowest BCUT2D eigenvalue weighted by Gasteiger charge is -2.24. The Morgan fingerprint density at radius 2 is 2.00 bits per heavy atom. The molecule has 0 unspecified atom stereocenters. The number of rotatable bonds is 7. The molecule has 0 atom stereocenters. The van der Waals surface area contributed by atoms with E-state index in [2.05, 4.69) is 26.0 Å². The first-order valence-electron chi connectivity index (χ1n) is 6.72. The minimum absolute atomic E-state index is 0.0699. The van der Waals surface area contributed by atoms with Crippen LogP contribution < -0.4 is 10.0 Å². The molecule has 0 aromatic heterocycles. The Morgan fingerprint density at radius 1 is 1.33 bits per heavy atom. The summed E-state index contributed by atoms with van der Waals surface area (Å²) in [5, 5.41) is 2.86. The van der Waals surface area contributed by atoms with Gasteiger partial charge in [-0.15, -0.1) is 0 Å². The highest BCUT2D eigenvalue weighted by Crippen LogP contribution is 2.15. The van der Waals surface area contributed by atoms with Crippen molar-refractivity contribution in [3.8, 4) is 0 Å². The van der Waals surface area contributed by atoms with Gasteiger partial charge in [-0.05, 0) is 38.5 Å². The molecule has 7 heteroatoms. The summed E-state index contributed by atoms with van der Waals surface area (Å²) in [5.41, 5.74) is -0.278. The molecule has 0 radical (unpaired) electrons. The van der Waals surface area contributed by atoms with Crippen molar-refractivity contribution in [2.45, 2.75) is 44.0 Å². The number of carbonyl (C=O) groups excluding carboxylic acids is 1. The fourth-order valence-electron chi connectivity index (χ4n) is 1.54. The van der Waals surface area contributed by atoms with Gasteiger partial charge in [0.15, 0.2) is 0 Å². The average molecular weight is 377 g/mol. The van der Waals surface area contributed by atoms with E-state index >= 15 is 0 Å². The molecule has 1 aromatic carbocycles. The van der Waals surface area contributed by atoms with E-state index in [1.807, 2.05) is 20.8 Å². The molecule has 0 spiro atoms.